The van der Waals surface area contributed by atoms with Crippen LogP contribution < -0.4 is 5.32 Å². The molecule has 0 aromatic heterocycles. The molecule has 0 fully saturated rings. The molecule has 5 heteroatoms. The first-order valence-corrected chi connectivity index (χ1v) is 7.51. The second kappa shape index (κ2) is 7.54. The summed E-state index contributed by atoms with van der Waals surface area (Å²) in [6.45, 7) is 2.96. The van der Waals surface area contributed by atoms with E-state index in [0.717, 1.165) is 12.0 Å². The molecule has 0 heterocycles. The number of aryl methyl sites for hydroxylation is 1. The van der Waals surface area contributed by atoms with Gasteiger partial charge in [0.25, 0.3) is 0 Å². The summed E-state index contributed by atoms with van der Waals surface area (Å²) in [7, 11) is 1.69. The fourth-order valence-corrected chi connectivity index (χ4v) is 2.22. The van der Waals surface area contributed by atoms with Gasteiger partial charge in [0.1, 0.15) is 0 Å². The third-order valence-electron chi connectivity index (χ3n) is 3.62. The molecule has 0 radical (unpaired) electrons. The van der Waals surface area contributed by atoms with E-state index in [-0.39, 0.29) is 17.5 Å². The average Bonchev–Trinajstić information content (AvgIpc) is 2.52. The molecule has 0 unspecified atom stereocenters. The van der Waals surface area contributed by atoms with Crippen LogP contribution in [0, 0.1) is 6.92 Å². The molecular weight excluding hydrogens is 292 g/mol. The van der Waals surface area contributed by atoms with E-state index in [9.17, 15) is 15.0 Å². The number of carbonyl (C=O) groups is 1. The van der Waals surface area contributed by atoms with Crippen molar-refractivity contribution in [3.05, 3.63) is 59.2 Å². The molecule has 122 valence electrons. The van der Waals surface area contributed by atoms with Gasteiger partial charge in [-0.2, -0.15) is 0 Å². The van der Waals surface area contributed by atoms with Gasteiger partial charge in [0.15, 0.2) is 11.5 Å². The van der Waals surface area contributed by atoms with Gasteiger partial charge in [-0.3, -0.25) is 0 Å². The molecule has 2 aromatic rings. The number of nitrogens with one attached hydrogen (secondary N) is 1. The Labute approximate surface area is 136 Å². The van der Waals surface area contributed by atoms with Gasteiger partial charge in [-0.25, -0.2) is 4.79 Å². The maximum Gasteiger partial charge on any atom is 0.317 e. The molecule has 2 rings (SSSR count). The van der Waals surface area contributed by atoms with Crippen molar-refractivity contribution in [3.8, 4) is 11.5 Å². The van der Waals surface area contributed by atoms with E-state index < -0.39 is 0 Å². The highest BCUT2D eigenvalue weighted by molar-refractivity contribution is 5.73. The van der Waals surface area contributed by atoms with Crippen molar-refractivity contribution in [2.75, 3.05) is 13.6 Å². The van der Waals surface area contributed by atoms with Crippen molar-refractivity contribution in [2.45, 2.75) is 19.9 Å². The summed E-state index contributed by atoms with van der Waals surface area (Å²) < 4.78 is 0. The van der Waals surface area contributed by atoms with E-state index in [2.05, 4.69) is 29.6 Å². The van der Waals surface area contributed by atoms with Gasteiger partial charge in [-0.1, -0.05) is 35.9 Å². The summed E-state index contributed by atoms with van der Waals surface area (Å²) >= 11 is 0. The molecule has 0 aliphatic rings. The van der Waals surface area contributed by atoms with E-state index in [1.54, 1.807) is 13.1 Å². The highest BCUT2D eigenvalue weighted by atomic mass is 16.3. The van der Waals surface area contributed by atoms with Gasteiger partial charge in [-0.15, -0.1) is 0 Å². The molecular formula is C18H22N2O3. The first kappa shape index (κ1) is 16.7. The zero-order valence-electron chi connectivity index (χ0n) is 13.4. The van der Waals surface area contributed by atoms with Crippen molar-refractivity contribution < 1.29 is 15.0 Å². The lowest BCUT2D eigenvalue weighted by molar-refractivity contribution is 0.207. The Hall–Kier alpha value is -2.69. The van der Waals surface area contributed by atoms with Gasteiger partial charge in [-0.05, 0) is 36.6 Å². The van der Waals surface area contributed by atoms with Crippen LogP contribution in [0.3, 0.4) is 0 Å². The number of urea groups is 1. The van der Waals surface area contributed by atoms with Gasteiger partial charge in [0.2, 0.25) is 0 Å². The van der Waals surface area contributed by atoms with E-state index in [1.807, 2.05) is 6.92 Å². The Kier molecular flexibility index (Phi) is 5.46. The van der Waals surface area contributed by atoms with Crippen LogP contribution in [-0.2, 0) is 13.0 Å². The number of phenols is 2. The van der Waals surface area contributed by atoms with Gasteiger partial charge in [0.05, 0.1) is 0 Å². The van der Waals surface area contributed by atoms with Crippen molar-refractivity contribution >= 4 is 6.03 Å². The summed E-state index contributed by atoms with van der Waals surface area (Å²) in [5.41, 5.74) is 3.15. The Morgan fingerprint density at radius 3 is 2.35 bits per heavy atom. The van der Waals surface area contributed by atoms with Crippen molar-refractivity contribution in [3.63, 3.8) is 0 Å². The van der Waals surface area contributed by atoms with Crippen molar-refractivity contribution in [2.24, 2.45) is 0 Å². The summed E-state index contributed by atoms with van der Waals surface area (Å²) in [5.74, 6) is -0.352. The highest BCUT2D eigenvalue weighted by Crippen LogP contribution is 2.25. The van der Waals surface area contributed by atoms with Crippen molar-refractivity contribution in [1.82, 2.24) is 10.2 Å². The maximum atomic E-state index is 12.0. The largest absolute Gasteiger partial charge is 0.504 e. The summed E-state index contributed by atoms with van der Waals surface area (Å²) in [5, 5.41) is 21.6. The SMILES string of the molecule is Cc1ccc(CCNC(=O)N(C)Cc2ccc(O)c(O)c2)cc1. The fourth-order valence-electron chi connectivity index (χ4n) is 2.22. The minimum absolute atomic E-state index is 0.168. The van der Waals surface area contributed by atoms with Crippen molar-refractivity contribution in [1.29, 1.82) is 0 Å². The summed E-state index contributed by atoms with van der Waals surface area (Å²) in [6, 6.07) is 12.6. The van der Waals surface area contributed by atoms with E-state index in [4.69, 9.17) is 0 Å². The maximum absolute atomic E-state index is 12.0. The Morgan fingerprint density at radius 2 is 1.70 bits per heavy atom. The number of phenolic OH excluding ortho intramolecular Hbond substituents is 2. The van der Waals surface area contributed by atoms with Crippen LogP contribution in [0.4, 0.5) is 4.79 Å². The van der Waals surface area contributed by atoms with E-state index in [1.165, 1.54) is 28.2 Å². The number of rotatable bonds is 5. The van der Waals surface area contributed by atoms with Gasteiger partial charge in [0, 0.05) is 20.1 Å². The number of hydrogen-bond donors (Lipinski definition) is 3. The minimum Gasteiger partial charge on any atom is -0.504 e. The monoisotopic (exact) mass is 314 g/mol. The standard InChI is InChI=1S/C18H22N2O3/c1-13-3-5-14(6-4-13)9-10-19-18(23)20(2)12-15-7-8-16(21)17(22)11-15/h3-8,11,21-22H,9-10,12H2,1-2H3,(H,19,23). The predicted octanol–water partition coefficient (Wildman–Crippen LogP) is 2.79. The number of hydrogen-bond acceptors (Lipinski definition) is 3. The first-order valence-electron chi connectivity index (χ1n) is 7.51. The zero-order valence-corrected chi connectivity index (χ0v) is 13.4. The number of benzene rings is 2. The molecule has 0 spiro atoms. The molecule has 0 bridgehead atoms. The molecule has 23 heavy (non-hydrogen) atoms. The van der Waals surface area contributed by atoms with Crippen LogP contribution >= 0.6 is 0 Å². The van der Waals surface area contributed by atoms with Crippen LogP contribution in [0.5, 0.6) is 11.5 Å². The van der Waals surface area contributed by atoms with E-state index >= 15 is 0 Å². The Morgan fingerprint density at radius 1 is 1.04 bits per heavy atom. The molecule has 2 amide bonds. The number of carbonyl (C=O) groups excluding carboxylic acids is 1. The second-order valence-electron chi connectivity index (χ2n) is 5.65. The smallest absolute Gasteiger partial charge is 0.317 e. The number of nitrogens with zero attached hydrogens (tertiary/aromatic N) is 1. The van der Waals surface area contributed by atoms with Gasteiger partial charge < -0.3 is 20.4 Å². The van der Waals surface area contributed by atoms with Gasteiger partial charge >= 0.3 is 6.03 Å². The molecule has 0 aliphatic carbocycles. The number of amides is 2. The molecule has 2 aromatic carbocycles. The zero-order chi connectivity index (χ0) is 16.8. The summed E-state index contributed by atoms with van der Waals surface area (Å²) in [4.78, 5) is 13.6. The minimum atomic E-state index is -0.185. The molecule has 0 saturated heterocycles. The second-order valence-corrected chi connectivity index (χ2v) is 5.65. The fraction of sp³-hybridized carbons (Fsp3) is 0.278. The van der Waals surface area contributed by atoms with Crippen LogP contribution in [-0.4, -0.2) is 34.7 Å². The predicted molar refractivity (Wildman–Crippen MR) is 89.5 cm³/mol. The molecule has 0 saturated carbocycles. The molecule has 0 atom stereocenters. The lowest BCUT2D eigenvalue weighted by atomic mass is 10.1. The third kappa shape index (κ3) is 4.92. The Bertz CT molecular complexity index is 668. The number of aromatic hydroxyl groups is 2. The summed E-state index contributed by atoms with van der Waals surface area (Å²) in [6.07, 6.45) is 0.778. The molecule has 3 N–H and O–H groups in total. The normalized spacial score (nSPS) is 10.3. The first-order chi connectivity index (χ1) is 11.0. The van der Waals surface area contributed by atoms with Crippen LogP contribution in [0.25, 0.3) is 0 Å². The molecule has 5 nitrogen and oxygen atoms in total. The van der Waals surface area contributed by atoms with Crippen LogP contribution in [0.15, 0.2) is 42.5 Å². The average molecular weight is 314 g/mol. The quantitative estimate of drug-likeness (QED) is 0.743. The molecule has 0 aliphatic heterocycles. The van der Waals surface area contributed by atoms with Crippen LogP contribution in [0.1, 0.15) is 16.7 Å². The Balaban J connectivity index is 1.80. The lowest BCUT2D eigenvalue weighted by Crippen LogP contribution is -2.37. The van der Waals surface area contributed by atoms with Crippen LogP contribution in [0.2, 0.25) is 0 Å². The third-order valence-corrected chi connectivity index (χ3v) is 3.62. The lowest BCUT2D eigenvalue weighted by Gasteiger charge is -2.18. The van der Waals surface area contributed by atoms with E-state index in [0.29, 0.717) is 13.1 Å². The topological polar surface area (TPSA) is 72.8 Å². The highest BCUT2D eigenvalue weighted by Gasteiger charge is 2.09.